The number of benzene rings is 14. The number of para-hydroxylation sites is 2. The van der Waals surface area contributed by atoms with Crippen LogP contribution in [0.4, 0.5) is 0 Å². The van der Waals surface area contributed by atoms with Crippen molar-refractivity contribution in [2.75, 3.05) is 0 Å². The quantitative estimate of drug-likeness (QED) is 0.143. The van der Waals surface area contributed by atoms with Crippen molar-refractivity contribution in [3.05, 3.63) is 361 Å². The Kier molecular flexibility index (Phi) is 12.5. The highest BCUT2D eigenvalue weighted by molar-refractivity contribution is 6.17. The van der Waals surface area contributed by atoms with Gasteiger partial charge in [0.1, 0.15) is 0 Å². The number of fused-ring (bicyclic) bond motifs is 21. The molecule has 102 heavy (non-hydrogen) atoms. The van der Waals surface area contributed by atoms with E-state index in [1.54, 1.807) is 0 Å². The van der Waals surface area contributed by atoms with Crippen molar-refractivity contribution in [1.29, 1.82) is 0 Å². The number of rotatable bonds is 9. The highest BCUT2D eigenvalue weighted by Crippen LogP contribution is 2.64. The molecule has 4 aromatic heterocycles. The average Bonchev–Trinajstić information content (AvgIpc) is 1.50. The largest absolute Gasteiger partial charge is 0.309 e. The van der Waals surface area contributed by atoms with Gasteiger partial charge in [-0.2, -0.15) is 9.97 Å². The second-order valence-corrected chi connectivity index (χ2v) is 27.6. The van der Waals surface area contributed by atoms with E-state index in [0.717, 1.165) is 77.6 Å². The molecule has 3 aliphatic carbocycles. The Morgan fingerprint density at radius 1 is 0.245 bits per heavy atom. The summed E-state index contributed by atoms with van der Waals surface area (Å²) in [5.41, 5.74) is 28.7. The van der Waals surface area contributed by atoms with E-state index in [0.29, 0.717) is 35.1 Å². The minimum atomic E-state index is -0.541. The molecular weight excluding hydrogens is 1240 g/mol. The molecule has 0 radical (unpaired) electrons. The molecule has 0 bridgehead atoms. The Hall–Kier alpha value is -13.3. The molecule has 21 rings (SSSR count). The van der Waals surface area contributed by atoms with Crippen molar-refractivity contribution in [2.24, 2.45) is 0 Å². The standard InChI is InChI=1S/C94H60N8/c1-93(2)76-37-15-9-33-69(76)72-51-52-74-71-35-13-19-41-81(71)101(86(74)84(72)93)66-49-47-61(48-50-66)88-95-87(59-25-7-4-8-26-59)96-90(97-88)64-29-22-28-63(56-64)58-43-45-60(46-44-58)89-98-91(65-30-21-27-62(55-65)57-23-5-3-6-24-57)100-92(99-89)102-82-42-20-14-34-70(82)73-53-54-80-83(85(73)102)75-36-12-18-40-79(75)94(80)77-38-16-10-31-67(77)68-32-11-17-39-78(68)94/h3-56H,1-2H3. The third-order valence-electron chi connectivity index (χ3n) is 21.8. The molecule has 0 amide bonds. The number of aromatic nitrogens is 8. The second kappa shape index (κ2) is 22.1. The van der Waals surface area contributed by atoms with Crippen LogP contribution in [0.15, 0.2) is 328 Å². The van der Waals surface area contributed by atoms with Crippen molar-refractivity contribution in [3.8, 4) is 124 Å². The van der Waals surface area contributed by atoms with Crippen LogP contribution in [0, 0.1) is 0 Å². The summed E-state index contributed by atoms with van der Waals surface area (Å²) >= 11 is 0. The van der Waals surface area contributed by atoms with Gasteiger partial charge in [0, 0.05) is 66.0 Å². The fourth-order valence-electron chi connectivity index (χ4n) is 17.4. The smallest absolute Gasteiger partial charge is 0.238 e. The van der Waals surface area contributed by atoms with E-state index < -0.39 is 5.41 Å². The van der Waals surface area contributed by atoms with Crippen molar-refractivity contribution < 1.29 is 0 Å². The molecule has 8 heteroatoms. The van der Waals surface area contributed by atoms with Gasteiger partial charge < -0.3 is 4.57 Å². The SMILES string of the molecule is CC1(C)c2ccccc2-c2ccc3c4ccccc4n(-c4ccc(-c5nc(-c6ccccc6)nc(-c6cccc(-c7ccc(-c8nc(-c9cccc(-c%10ccccc%10)c9)nc(-n9c%10ccccc%10c%10ccc%11c(c%109)-c9ccccc9C%119c%10ccccc%10-c%10ccccc%109)n8)cc7)c6)n5)cc4)c3c21. The Balaban J connectivity index is 0.683. The Labute approximate surface area is 588 Å². The zero-order valence-corrected chi connectivity index (χ0v) is 55.8. The molecule has 0 unspecified atom stereocenters. The first-order valence-corrected chi connectivity index (χ1v) is 34.9. The molecule has 1 spiro atoms. The third-order valence-corrected chi connectivity index (χ3v) is 21.8. The van der Waals surface area contributed by atoms with E-state index in [9.17, 15) is 0 Å². The molecule has 0 atom stereocenters. The van der Waals surface area contributed by atoms with Crippen LogP contribution in [0.1, 0.15) is 47.2 Å². The summed E-state index contributed by atoms with van der Waals surface area (Å²) < 4.78 is 4.77. The molecule has 14 aromatic carbocycles. The van der Waals surface area contributed by atoms with Gasteiger partial charge in [0.05, 0.1) is 27.5 Å². The average molecular weight is 1300 g/mol. The van der Waals surface area contributed by atoms with E-state index in [4.69, 9.17) is 29.9 Å². The van der Waals surface area contributed by atoms with E-state index in [2.05, 4.69) is 332 Å². The van der Waals surface area contributed by atoms with Crippen LogP contribution in [-0.4, -0.2) is 39.0 Å². The van der Waals surface area contributed by atoms with Crippen molar-refractivity contribution >= 4 is 43.6 Å². The molecule has 0 saturated carbocycles. The van der Waals surface area contributed by atoms with Gasteiger partial charge in [-0.25, -0.2) is 19.9 Å². The number of nitrogens with zero attached hydrogens (tertiary/aromatic N) is 8. The molecular formula is C94H60N8. The monoisotopic (exact) mass is 1300 g/mol. The van der Waals surface area contributed by atoms with Crippen molar-refractivity contribution in [3.63, 3.8) is 0 Å². The van der Waals surface area contributed by atoms with Gasteiger partial charge >= 0.3 is 0 Å². The van der Waals surface area contributed by atoms with Gasteiger partial charge in [-0.05, 0) is 132 Å². The first-order chi connectivity index (χ1) is 50.3. The molecule has 4 heterocycles. The van der Waals surface area contributed by atoms with Gasteiger partial charge in [-0.3, -0.25) is 4.57 Å². The predicted molar refractivity (Wildman–Crippen MR) is 414 cm³/mol. The van der Waals surface area contributed by atoms with E-state index in [1.165, 1.54) is 88.6 Å². The van der Waals surface area contributed by atoms with Gasteiger partial charge in [0.25, 0.3) is 0 Å². The minimum absolute atomic E-state index is 0.203. The summed E-state index contributed by atoms with van der Waals surface area (Å²) in [5, 5.41) is 4.73. The maximum Gasteiger partial charge on any atom is 0.238 e. The maximum atomic E-state index is 5.60. The lowest BCUT2D eigenvalue weighted by Crippen LogP contribution is -2.25. The third kappa shape index (κ3) is 8.44. The van der Waals surface area contributed by atoms with Gasteiger partial charge in [-0.1, -0.05) is 293 Å². The van der Waals surface area contributed by atoms with Gasteiger partial charge in [0.15, 0.2) is 29.1 Å². The van der Waals surface area contributed by atoms with Crippen LogP contribution in [0.5, 0.6) is 0 Å². The van der Waals surface area contributed by atoms with Crippen molar-refractivity contribution in [2.45, 2.75) is 24.7 Å². The predicted octanol–water partition coefficient (Wildman–Crippen LogP) is 22.6. The zero-order valence-electron chi connectivity index (χ0n) is 55.8. The minimum Gasteiger partial charge on any atom is -0.309 e. The van der Waals surface area contributed by atoms with Gasteiger partial charge in [0.2, 0.25) is 5.95 Å². The topological polar surface area (TPSA) is 87.2 Å². The van der Waals surface area contributed by atoms with Gasteiger partial charge in [-0.15, -0.1) is 0 Å². The fraction of sp³-hybridized carbons (Fsp3) is 0.0426. The summed E-state index contributed by atoms with van der Waals surface area (Å²) in [4.78, 5) is 32.3. The zero-order chi connectivity index (χ0) is 67.4. The molecule has 476 valence electrons. The van der Waals surface area contributed by atoms with E-state index >= 15 is 0 Å². The lowest BCUT2D eigenvalue weighted by molar-refractivity contribution is 0.664. The number of hydrogen-bond acceptors (Lipinski definition) is 6. The van der Waals surface area contributed by atoms with Crippen LogP contribution in [0.3, 0.4) is 0 Å². The van der Waals surface area contributed by atoms with E-state index in [-0.39, 0.29) is 5.41 Å². The second-order valence-electron chi connectivity index (χ2n) is 27.6. The van der Waals surface area contributed by atoms with Crippen LogP contribution in [0.2, 0.25) is 0 Å². The summed E-state index contributed by atoms with van der Waals surface area (Å²) in [7, 11) is 0. The summed E-state index contributed by atoms with van der Waals surface area (Å²) in [6.07, 6.45) is 0. The molecule has 8 nitrogen and oxygen atoms in total. The highest BCUT2D eigenvalue weighted by Gasteiger charge is 2.52. The molecule has 0 N–H and O–H groups in total. The molecule has 3 aliphatic rings. The molecule has 0 aliphatic heterocycles. The lowest BCUT2D eigenvalue weighted by atomic mass is 9.70. The number of hydrogen-bond donors (Lipinski definition) is 0. The van der Waals surface area contributed by atoms with Crippen molar-refractivity contribution in [1.82, 2.24) is 39.0 Å². The highest BCUT2D eigenvalue weighted by atomic mass is 15.2. The normalized spacial score (nSPS) is 13.4. The summed E-state index contributed by atoms with van der Waals surface area (Å²) in [6, 6.07) is 118. The van der Waals surface area contributed by atoms with Crippen LogP contribution < -0.4 is 0 Å². The first-order valence-electron chi connectivity index (χ1n) is 34.9. The lowest BCUT2D eigenvalue weighted by Gasteiger charge is -2.30. The Morgan fingerprint density at radius 2 is 0.637 bits per heavy atom. The molecule has 0 saturated heterocycles. The first kappa shape index (κ1) is 57.7. The molecule has 18 aromatic rings. The summed E-state index contributed by atoms with van der Waals surface area (Å²) in [5.74, 6) is 3.43. The van der Waals surface area contributed by atoms with E-state index in [1.807, 2.05) is 18.2 Å². The van der Waals surface area contributed by atoms with Crippen LogP contribution >= 0.6 is 0 Å². The summed E-state index contributed by atoms with van der Waals surface area (Å²) in [6.45, 7) is 4.73. The Morgan fingerprint density at radius 3 is 1.24 bits per heavy atom. The Bertz CT molecular complexity index is 6480. The maximum absolute atomic E-state index is 5.60. The van der Waals surface area contributed by atoms with Crippen LogP contribution in [0.25, 0.3) is 168 Å². The molecule has 0 fully saturated rings. The fourth-order valence-corrected chi connectivity index (χ4v) is 17.4. The van der Waals surface area contributed by atoms with Crippen LogP contribution in [-0.2, 0) is 10.8 Å².